The summed E-state index contributed by atoms with van der Waals surface area (Å²) in [6.07, 6.45) is 1.03. The minimum absolute atomic E-state index is 0.115. The Balaban J connectivity index is 2.36. The number of aryl methyl sites for hydroxylation is 2. The molecule has 18 heavy (non-hydrogen) atoms. The van der Waals surface area contributed by atoms with Gasteiger partial charge in [-0.25, -0.2) is 0 Å². The number of nitrogens with zero attached hydrogens (tertiary/aromatic N) is 1. The highest BCUT2D eigenvalue weighted by molar-refractivity contribution is 5.30. The van der Waals surface area contributed by atoms with Gasteiger partial charge in [-0.3, -0.25) is 0 Å². The lowest BCUT2D eigenvalue weighted by atomic mass is 9.97. The molecule has 0 spiro atoms. The predicted octanol–water partition coefficient (Wildman–Crippen LogP) is 3.23. The number of nitrogens with one attached hydrogen (secondary N) is 1. The molecule has 1 aromatic carbocycles. The zero-order valence-electron chi connectivity index (χ0n) is 12.0. The van der Waals surface area contributed by atoms with Gasteiger partial charge < -0.3 is 5.32 Å². The fourth-order valence-corrected chi connectivity index (χ4v) is 2.04. The average molecular weight is 244 g/mol. The van der Waals surface area contributed by atoms with Crippen LogP contribution in [0, 0.1) is 37.0 Å². The van der Waals surface area contributed by atoms with Gasteiger partial charge in [-0.05, 0) is 43.9 Å². The lowest BCUT2D eigenvalue weighted by molar-refractivity contribution is 0.444. The molecule has 1 unspecified atom stereocenters. The SMILES string of the molecule is Cc1ccc(CCNCC(C#N)C(C)C)c(C)c1. The van der Waals surface area contributed by atoms with Gasteiger partial charge >= 0.3 is 0 Å². The van der Waals surface area contributed by atoms with Crippen molar-refractivity contribution < 1.29 is 0 Å². The lowest BCUT2D eigenvalue weighted by Gasteiger charge is -2.14. The first-order valence-electron chi connectivity index (χ1n) is 6.71. The van der Waals surface area contributed by atoms with Crippen molar-refractivity contribution in [1.29, 1.82) is 5.26 Å². The van der Waals surface area contributed by atoms with Gasteiger partial charge in [0.25, 0.3) is 0 Å². The van der Waals surface area contributed by atoms with Crippen LogP contribution in [0.3, 0.4) is 0 Å². The first kappa shape index (κ1) is 14.7. The molecule has 2 nitrogen and oxygen atoms in total. The highest BCUT2D eigenvalue weighted by Crippen LogP contribution is 2.11. The summed E-state index contributed by atoms with van der Waals surface area (Å²) in [5.41, 5.74) is 4.07. The van der Waals surface area contributed by atoms with E-state index in [0.29, 0.717) is 5.92 Å². The molecule has 0 fully saturated rings. The zero-order valence-corrected chi connectivity index (χ0v) is 12.0. The maximum Gasteiger partial charge on any atom is 0.0671 e. The van der Waals surface area contributed by atoms with Gasteiger partial charge in [0.2, 0.25) is 0 Å². The third kappa shape index (κ3) is 4.50. The Labute approximate surface area is 111 Å². The van der Waals surface area contributed by atoms with E-state index < -0.39 is 0 Å². The lowest BCUT2D eigenvalue weighted by Crippen LogP contribution is -2.27. The van der Waals surface area contributed by atoms with Crippen molar-refractivity contribution in [1.82, 2.24) is 5.32 Å². The predicted molar refractivity (Wildman–Crippen MR) is 76.4 cm³/mol. The van der Waals surface area contributed by atoms with E-state index in [4.69, 9.17) is 5.26 Å². The van der Waals surface area contributed by atoms with Gasteiger partial charge in [-0.1, -0.05) is 37.6 Å². The molecule has 0 bridgehead atoms. The summed E-state index contributed by atoms with van der Waals surface area (Å²) >= 11 is 0. The van der Waals surface area contributed by atoms with Gasteiger partial charge in [0, 0.05) is 6.54 Å². The molecule has 1 N–H and O–H groups in total. The molecule has 0 aliphatic heterocycles. The Bertz CT molecular complexity index is 416. The van der Waals surface area contributed by atoms with Gasteiger partial charge in [-0.15, -0.1) is 0 Å². The van der Waals surface area contributed by atoms with E-state index in [1.807, 2.05) is 0 Å². The van der Waals surface area contributed by atoms with Crippen molar-refractivity contribution in [2.24, 2.45) is 11.8 Å². The van der Waals surface area contributed by atoms with Gasteiger partial charge in [-0.2, -0.15) is 5.26 Å². The standard InChI is InChI=1S/C16H24N2/c1-12(2)16(10-17)11-18-8-7-15-6-5-13(3)9-14(15)4/h5-6,9,12,16,18H,7-8,11H2,1-4H3. The average Bonchev–Trinajstić information content (AvgIpc) is 2.31. The maximum absolute atomic E-state index is 9.00. The summed E-state index contributed by atoms with van der Waals surface area (Å²) in [5.74, 6) is 0.535. The third-order valence-corrected chi connectivity index (χ3v) is 3.40. The fraction of sp³-hybridized carbons (Fsp3) is 0.562. The summed E-state index contributed by atoms with van der Waals surface area (Å²) < 4.78 is 0. The molecule has 0 aromatic heterocycles. The minimum Gasteiger partial charge on any atom is -0.315 e. The first-order valence-corrected chi connectivity index (χ1v) is 6.71. The number of hydrogen-bond donors (Lipinski definition) is 1. The second-order valence-corrected chi connectivity index (χ2v) is 5.36. The first-order chi connectivity index (χ1) is 8.54. The molecule has 0 radical (unpaired) electrons. The molecule has 98 valence electrons. The highest BCUT2D eigenvalue weighted by atomic mass is 14.9. The topological polar surface area (TPSA) is 35.8 Å². The van der Waals surface area contributed by atoms with Crippen LogP contribution in [-0.4, -0.2) is 13.1 Å². The van der Waals surface area contributed by atoms with E-state index in [9.17, 15) is 0 Å². The van der Waals surface area contributed by atoms with Crippen molar-refractivity contribution >= 4 is 0 Å². The van der Waals surface area contributed by atoms with E-state index in [2.05, 4.69) is 57.3 Å². The quantitative estimate of drug-likeness (QED) is 0.780. The maximum atomic E-state index is 9.00. The molecule has 1 atom stereocenters. The molecule has 1 rings (SSSR count). The third-order valence-electron chi connectivity index (χ3n) is 3.40. The molecule has 0 saturated carbocycles. The Morgan fingerprint density at radius 3 is 2.56 bits per heavy atom. The van der Waals surface area contributed by atoms with Crippen molar-refractivity contribution in [3.05, 3.63) is 34.9 Å². The summed E-state index contributed by atoms with van der Waals surface area (Å²) in [4.78, 5) is 0. The monoisotopic (exact) mass is 244 g/mol. The van der Waals surface area contributed by atoms with Crippen molar-refractivity contribution in [3.63, 3.8) is 0 Å². The fourth-order valence-electron chi connectivity index (χ4n) is 2.04. The van der Waals surface area contributed by atoms with E-state index in [0.717, 1.165) is 19.5 Å². The van der Waals surface area contributed by atoms with Crippen LogP contribution in [0.25, 0.3) is 0 Å². The van der Waals surface area contributed by atoms with Crippen molar-refractivity contribution in [2.45, 2.75) is 34.1 Å². The van der Waals surface area contributed by atoms with Gasteiger partial charge in [0.05, 0.1) is 12.0 Å². The Kier molecular flexibility index (Phi) is 5.88. The molecule has 0 amide bonds. The molecule has 2 heteroatoms. The second-order valence-electron chi connectivity index (χ2n) is 5.36. The Morgan fingerprint density at radius 2 is 2.00 bits per heavy atom. The van der Waals surface area contributed by atoms with E-state index >= 15 is 0 Å². The van der Waals surface area contributed by atoms with E-state index in [1.54, 1.807) is 0 Å². The Hall–Kier alpha value is -1.33. The molecular weight excluding hydrogens is 220 g/mol. The molecular formula is C16H24N2. The van der Waals surface area contributed by atoms with Crippen LogP contribution >= 0.6 is 0 Å². The van der Waals surface area contributed by atoms with E-state index in [1.165, 1.54) is 16.7 Å². The highest BCUT2D eigenvalue weighted by Gasteiger charge is 2.11. The van der Waals surface area contributed by atoms with Crippen molar-refractivity contribution in [2.75, 3.05) is 13.1 Å². The molecule has 1 aromatic rings. The molecule has 0 heterocycles. The van der Waals surface area contributed by atoms with Crippen LogP contribution in [0.4, 0.5) is 0 Å². The van der Waals surface area contributed by atoms with Crippen LogP contribution in [0.1, 0.15) is 30.5 Å². The largest absolute Gasteiger partial charge is 0.315 e. The Morgan fingerprint density at radius 1 is 1.28 bits per heavy atom. The number of benzene rings is 1. The molecule has 0 aliphatic rings. The number of hydrogen-bond acceptors (Lipinski definition) is 2. The summed E-state index contributed by atoms with van der Waals surface area (Å²) in [5, 5.41) is 12.4. The molecule has 0 aliphatic carbocycles. The summed E-state index contributed by atoms with van der Waals surface area (Å²) in [7, 11) is 0. The molecule has 0 saturated heterocycles. The zero-order chi connectivity index (χ0) is 13.5. The smallest absolute Gasteiger partial charge is 0.0671 e. The number of rotatable bonds is 6. The minimum atomic E-state index is 0.115. The van der Waals surface area contributed by atoms with Crippen LogP contribution in [0.2, 0.25) is 0 Å². The van der Waals surface area contributed by atoms with E-state index in [-0.39, 0.29) is 5.92 Å². The van der Waals surface area contributed by atoms with Crippen LogP contribution in [-0.2, 0) is 6.42 Å². The van der Waals surface area contributed by atoms with Gasteiger partial charge in [0.1, 0.15) is 0 Å². The van der Waals surface area contributed by atoms with Crippen LogP contribution < -0.4 is 5.32 Å². The van der Waals surface area contributed by atoms with Crippen molar-refractivity contribution in [3.8, 4) is 6.07 Å². The summed E-state index contributed by atoms with van der Waals surface area (Å²) in [6, 6.07) is 8.95. The normalized spacial score (nSPS) is 12.4. The van der Waals surface area contributed by atoms with Crippen LogP contribution in [0.15, 0.2) is 18.2 Å². The summed E-state index contributed by atoms with van der Waals surface area (Å²) in [6.45, 7) is 10.2. The van der Waals surface area contributed by atoms with Gasteiger partial charge in [0.15, 0.2) is 0 Å². The van der Waals surface area contributed by atoms with Crippen LogP contribution in [0.5, 0.6) is 0 Å². The number of nitriles is 1. The second kappa shape index (κ2) is 7.18.